The van der Waals surface area contributed by atoms with Gasteiger partial charge in [0.05, 0.1) is 5.75 Å². The number of carbonyl (C=O) groups excluding carboxylic acids is 1. The van der Waals surface area contributed by atoms with Crippen LogP contribution in [0.2, 0.25) is 0 Å². The molecule has 0 N–H and O–H groups in total. The third-order valence-electron chi connectivity index (χ3n) is 4.75. The van der Waals surface area contributed by atoms with Gasteiger partial charge < -0.3 is 9.80 Å². The molecule has 1 heterocycles. The third kappa shape index (κ3) is 5.54. The van der Waals surface area contributed by atoms with Crippen LogP contribution in [-0.4, -0.2) is 53.7 Å². The van der Waals surface area contributed by atoms with Gasteiger partial charge in [-0.15, -0.1) is 11.8 Å². The van der Waals surface area contributed by atoms with Crippen molar-refractivity contribution in [3.63, 3.8) is 0 Å². The fourth-order valence-corrected chi connectivity index (χ4v) is 4.05. The molecule has 1 aromatic carbocycles. The summed E-state index contributed by atoms with van der Waals surface area (Å²) in [4.78, 5) is 16.9. The fraction of sp³-hybridized carbons (Fsp3) is 0.632. The summed E-state index contributed by atoms with van der Waals surface area (Å²) in [6.07, 6.45) is 2.20. The second-order valence-electron chi connectivity index (χ2n) is 6.85. The Morgan fingerprint density at radius 2 is 2.04 bits per heavy atom. The monoisotopic (exact) mass is 334 g/mol. The zero-order valence-corrected chi connectivity index (χ0v) is 15.7. The Morgan fingerprint density at radius 1 is 1.35 bits per heavy atom. The fourth-order valence-electron chi connectivity index (χ4n) is 3.15. The van der Waals surface area contributed by atoms with E-state index in [4.69, 9.17) is 0 Å². The van der Waals surface area contributed by atoms with Crippen molar-refractivity contribution in [2.75, 3.05) is 25.9 Å². The number of likely N-dealkylation sites (tertiary alicyclic amines) is 1. The maximum Gasteiger partial charge on any atom is 0.232 e. The first-order valence-corrected chi connectivity index (χ1v) is 9.76. The number of piperidine rings is 1. The van der Waals surface area contributed by atoms with Crippen molar-refractivity contribution >= 4 is 17.7 Å². The molecular weight excluding hydrogens is 304 g/mol. The molecule has 23 heavy (non-hydrogen) atoms. The first kappa shape index (κ1) is 18.3. The molecule has 1 saturated heterocycles. The lowest BCUT2D eigenvalue weighted by Crippen LogP contribution is -2.47. The molecule has 0 bridgehead atoms. The number of benzene rings is 1. The maximum atomic E-state index is 12.4. The predicted molar refractivity (Wildman–Crippen MR) is 99.8 cm³/mol. The zero-order valence-electron chi connectivity index (χ0n) is 14.9. The number of rotatable bonds is 6. The molecule has 0 atom stereocenters. The number of aryl methyl sites for hydroxylation is 1. The Bertz CT molecular complexity index is 510. The summed E-state index contributed by atoms with van der Waals surface area (Å²) in [6.45, 7) is 8.82. The van der Waals surface area contributed by atoms with E-state index >= 15 is 0 Å². The van der Waals surface area contributed by atoms with E-state index in [0.29, 0.717) is 17.8 Å². The standard InChI is InChI=1S/C19H30N2OS/c1-15(2)21-10-8-18(9-11-21)20(4)19(22)14-23-13-17-7-5-6-16(3)12-17/h5-7,12,15,18H,8-11,13-14H2,1-4H3. The van der Waals surface area contributed by atoms with Gasteiger partial charge in [0.1, 0.15) is 0 Å². The van der Waals surface area contributed by atoms with Crippen LogP contribution in [0.1, 0.15) is 37.8 Å². The lowest BCUT2D eigenvalue weighted by Gasteiger charge is -2.38. The average molecular weight is 335 g/mol. The minimum Gasteiger partial charge on any atom is -0.342 e. The van der Waals surface area contributed by atoms with E-state index in [9.17, 15) is 4.79 Å². The first-order valence-electron chi connectivity index (χ1n) is 8.60. The molecule has 0 spiro atoms. The lowest BCUT2D eigenvalue weighted by molar-refractivity contribution is -0.130. The first-order chi connectivity index (χ1) is 11.0. The molecule has 3 nitrogen and oxygen atoms in total. The molecule has 0 unspecified atom stereocenters. The van der Waals surface area contributed by atoms with Crippen LogP contribution in [-0.2, 0) is 10.5 Å². The maximum absolute atomic E-state index is 12.4. The number of hydrogen-bond acceptors (Lipinski definition) is 3. The van der Waals surface area contributed by atoms with Crippen LogP contribution in [0.5, 0.6) is 0 Å². The van der Waals surface area contributed by atoms with Gasteiger partial charge >= 0.3 is 0 Å². The topological polar surface area (TPSA) is 23.6 Å². The largest absolute Gasteiger partial charge is 0.342 e. The Hall–Kier alpha value is -1.00. The molecule has 0 aromatic heterocycles. The van der Waals surface area contributed by atoms with Gasteiger partial charge in [-0.05, 0) is 39.2 Å². The van der Waals surface area contributed by atoms with Crippen LogP contribution in [0.4, 0.5) is 0 Å². The number of hydrogen-bond donors (Lipinski definition) is 0. The summed E-state index contributed by atoms with van der Waals surface area (Å²) < 4.78 is 0. The lowest BCUT2D eigenvalue weighted by atomic mass is 10.0. The molecule has 0 aliphatic carbocycles. The van der Waals surface area contributed by atoms with Crippen LogP contribution in [0, 0.1) is 6.92 Å². The third-order valence-corrected chi connectivity index (χ3v) is 5.74. The molecule has 0 saturated carbocycles. The van der Waals surface area contributed by atoms with Crippen molar-refractivity contribution in [2.24, 2.45) is 0 Å². The molecule has 1 aliphatic heterocycles. The molecule has 1 fully saturated rings. The molecule has 1 amide bonds. The van der Waals surface area contributed by atoms with Crippen molar-refractivity contribution in [3.8, 4) is 0 Å². The van der Waals surface area contributed by atoms with Gasteiger partial charge in [-0.25, -0.2) is 0 Å². The van der Waals surface area contributed by atoms with E-state index in [0.717, 1.165) is 31.7 Å². The van der Waals surface area contributed by atoms with Gasteiger partial charge in [0, 0.05) is 38.0 Å². The van der Waals surface area contributed by atoms with Crippen LogP contribution in [0.25, 0.3) is 0 Å². The van der Waals surface area contributed by atoms with Gasteiger partial charge in [-0.2, -0.15) is 0 Å². The van der Waals surface area contributed by atoms with Crippen LogP contribution in [0.3, 0.4) is 0 Å². The second kappa shape index (κ2) is 8.74. The van der Waals surface area contributed by atoms with Gasteiger partial charge in [0.15, 0.2) is 0 Å². The number of carbonyl (C=O) groups is 1. The van der Waals surface area contributed by atoms with Gasteiger partial charge in [0.25, 0.3) is 0 Å². The van der Waals surface area contributed by atoms with Crippen molar-refractivity contribution in [1.82, 2.24) is 9.80 Å². The highest BCUT2D eigenvalue weighted by Crippen LogP contribution is 2.19. The molecule has 4 heteroatoms. The summed E-state index contributed by atoms with van der Waals surface area (Å²) in [5.74, 6) is 1.76. The predicted octanol–water partition coefficient (Wildman–Crippen LogP) is 3.56. The van der Waals surface area contributed by atoms with E-state index in [1.165, 1.54) is 11.1 Å². The highest BCUT2D eigenvalue weighted by molar-refractivity contribution is 7.99. The molecule has 2 rings (SSSR count). The number of amides is 1. The SMILES string of the molecule is Cc1cccc(CSCC(=O)N(C)C2CCN(C(C)C)CC2)c1. The van der Waals surface area contributed by atoms with Crippen LogP contribution >= 0.6 is 11.8 Å². The quantitative estimate of drug-likeness (QED) is 0.795. The minimum atomic E-state index is 0.269. The summed E-state index contributed by atoms with van der Waals surface area (Å²) in [5.41, 5.74) is 2.58. The van der Waals surface area contributed by atoms with E-state index in [2.05, 4.69) is 49.9 Å². The number of nitrogens with zero attached hydrogens (tertiary/aromatic N) is 2. The smallest absolute Gasteiger partial charge is 0.232 e. The molecule has 128 valence electrons. The van der Waals surface area contributed by atoms with Gasteiger partial charge in [-0.1, -0.05) is 29.8 Å². The van der Waals surface area contributed by atoms with Crippen molar-refractivity contribution in [1.29, 1.82) is 0 Å². The summed E-state index contributed by atoms with van der Waals surface area (Å²) in [7, 11) is 1.98. The van der Waals surface area contributed by atoms with E-state index in [-0.39, 0.29) is 5.91 Å². The Morgan fingerprint density at radius 3 is 2.65 bits per heavy atom. The van der Waals surface area contributed by atoms with Crippen molar-refractivity contribution in [2.45, 2.75) is 51.4 Å². The highest BCUT2D eigenvalue weighted by Gasteiger charge is 2.25. The zero-order chi connectivity index (χ0) is 16.8. The minimum absolute atomic E-state index is 0.269. The summed E-state index contributed by atoms with van der Waals surface area (Å²) in [5, 5.41) is 0. The molecule has 0 radical (unpaired) electrons. The Kier molecular flexibility index (Phi) is 6.97. The Balaban J connectivity index is 1.73. The van der Waals surface area contributed by atoms with Crippen LogP contribution in [0.15, 0.2) is 24.3 Å². The summed E-state index contributed by atoms with van der Waals surface area (Å²) >= 11 is 1.72. The second-order valence-corrected chi connectivity index (χ2v) is 7.83. The van der Waals surface area contributed by atoms with Gasteiger partial charge in [-0.3, -0.25) is 4.79 Å². The van der Waals surface area contributed by atoms with Gasteiger partial charge in [0.2, 0.25) is 5.91 Å². The number of thioether (sulfide) groups is 1. The summed E-state index contributed by atoms with van der Waals surface area (Å²) in [6, 6.07) is 9.55. The van der Waals surface area contributed by atoms with E-state index in [1.807, 2.05) is 11.9 Å². The molecule has 1 aliphatic rings. The van der Waals surface area contributed by atoms with Crippen molar-refractivity contribution < 1.29 is 4.79 Å². The highest BCUT2D eigenvalue weighted by atomic mass is 32.2. The van der Waals surface area contributed by atoms with Crippen molar-refractivity contribution in [3.05, 3.63) is 35.4 Å². The van der Waals surface area contributed by atoms with E-state index in [1.54, 1.807) is 11.8 Å². The normalized spacial score (nSPS) is 16.7. The van der Waals surface area contributed by atoms with E-state index < -0.39 is 0 Å². The van der Waals surface area contributed by atoms with Crippen LogP contribution < -0.4 is 0 Å². The molecule has 1 aromatic rings. The molecular formula is C19H30N2OS. The Labute approximate surface area is 145 Å². The average Bonchev–Trinajstić information content (AvgIpc) is 2.54.